The molecule has 2 heterocycles. The van der Waals surface area contributed by atoms with Crippen molar-refractivity contribution in [2.24, 2.45) is 17.8 Å². The molecule has 0 aromatic heterocycles. The van der Waals surface area contributed by atoms with Gasteiger partial charge in [-0.2, -0.15) is 0 Å². The Morgan fingerprint density at radius 3 is 2.59 bits per heavy atom. The molecule has 1 unspecified atom stereocenters. The van der Waals surface area contributed by atoms with E-state index in [1.807, 2.05) is 49.4 Å². The summed E-state index contributed by atoms with van der Waals surface area (Å²) in [5, 5.41) is 22.3. The number of hydrogen-bond donors (Lipinski definition) is 2. The molecule has 1 saturated carbocycles. The van der Waals surface area contributed by atoms with Crippen molar-refractivity contribution in [3.05, 3.63) is 95.1 Å². The third-order valence-electron chi connectivity index (χ3n) is 10.7. The highest BCUT2D eigenvalue weighted by molar-refractivity contribution is 6.04. The first-order valence-corrected chi connectivity index (χ1v) is 15.8. The number of aromatic hydroxyl groups is 1. The summed E-state index contributed by atoms with van der Waals surface area (Å²) in [7, 11) is 1.44. The van der Waals surface area contributed by atoms with Crippen molar-refractivity contribution in [1.29, 1.82) is 0 Å². The van der Waals surface area contributed by atoms with Gasteiger partial charge in [0.15, 0.2) is 17.3 Å². The molecule has 7 rings (SSSR count). The molecule has 9 heteroatoms. The molecule has 9 nitrogen and oxygen atoms in total. The Kier molecular flexibility index (Phi) is 7.14. The minimum atomic E-state index is -1.80. The number of phenolic OH excluding ortho intramolecular Hbond substituents is 1. The highest BCUT2D eigenvalue weighted by Gasteiger charge is 2.79. The number of esters is 1. The lowest BCUT2D eigenvalue weighted by Gasteiger charge is -2.59. The first-order chi connectivity index (χ1) is 21.9. The Labute approximate surface area is 268 Å². The Bertz CT molecular complexity index is 1680. The lowest BCUT2D eigenvalue weighted by atomic mass is 9.55. The molecule has 0 amide bonds. The number of methoxy groups -OCH3 is 1. The molecule has 2 saturated heterocycles. The van der Waals surface area contributed by atoms with E-state index in [-0.39, 0.29) is 42.6 Å². The number of benzene rings is 2. The summed E-state index contributed by atoms with van der Waals surface area (Å²) in [6, 6.07) is 14.5. The normalized spacial score (nSPS) is 37.1. The molecule has 2 aromatic carbocycles. The number of fused-ring (bicyclic) bond motifs is 2. The third-order valence-corrected chi connectivity index (χ3v) is 10.7. The van der Waals surface area contributed by atoms with E-state index in [9.17, 15) is 19.8 Å². The molecule has 3 aliphatic carbocycles. The van der Waals surface area contributed by atoms with E-state index in [0.29, 0.717) is 29.6 Å². The van der Waals surface area contributed by atoms with Crippen molar-refractivity contribution < 1.29 is 43.5 Å². The van der Waals surface area contributed by atoms with Crippen LogP contribution in [0.3, 0.4) is 0 Å². The minimum Gasteiger partial charge on any atom is -0.504 e. The van der Waals surface area contributed by atoms with E-state index in [2.05, 4.69) is 13.5 Å². The number of ether oxygens (including phenoxy) is 5. The predicted octanol–water partition coefficient (Wildman–Crippen LogP) is 4.74. The van der Waals surface area contributed by atoms with Gasteiger partial charge in [-0.1, -0.05) is 62.1 Å². The maximum absolute atomic E-state index is 13.8. The van der Waals surface area contributed by atoms with Gasteiger partial charge in [0.05, 0.1) is 25.6 Å². The molecule has 2 aliphatic heterocycles. The first-order valence-electron chi connectivity index (χ1n) is 15.8. The fourth-order valence-corrected chi connectivity index (χ4v) is 8.71. The summed E-state index contributed by atoms with van der Waals surface area (Å²) < 4.78 is 31.8. The summed E-state index contributed by atoms with van der Waals surface area (Å²) in [6.45, 7) is 9.98. The first kappa shape index (κ1) is 30.9. The van der Waals surface area contributed by atoms with E-state index in [1.165, 1.54) is 13.2 Å². The van der Waals surface area contributed by atoms with Gasteiger partial charge in [0.25, 0.3) is 5.97 Å². The monoisotopic (exact) mass is 628 g/mol. The van der Waals surface area contributed by atoms with Crippen LogP contribution in [-0.4, -0.2) is 64.6 Å². The van der Waals surface area contributed by atoms with Gasteiger partial charge in [-0.15, -0.1) is 0 Å². The van der Waals surface area contributed by atoms with E-state index in [4.69, 9.17) is 23.7 Å². The van der Waals surface area contributed by atoms with Gasteiger partial charge in [0.1, 0.15) is 23.9 Å². The highest BCUT2D eigenvalue weighted by Crippen LogP contribution is 2.68. The molecule has 5 aliphatic rings. The number of rotatable bonds is 8. The van der Waals surface area contributed by atoms with Crippen molar-refractivity contribution in [3.8, 4) is 11.5 Å². The fourth-order valence-electron chi connectivity index (χ4n) is 8.71. The van der Waals surface area contributed by atoms with Crippen LogP contribution >= 0.6 is 0 Å². The predicted molar refractivity (Wildman–Crippen MR) is 167 cm³/mol. The molecule has 46 heavy (non-hydrogen) atoms. The zero-order valence-corrected chi connectivity index (χ0v) is 26.6. The van der Waals surface area contributed by atoms with Crippen molar-refractivity contribution in [2.45, 2.75) is 75.3 Å². The second-order valence-corrected chi connectivity index (χ2v) is 13.7. The van der Waals surface area contributed by atoms with Crippen LogP contribution in [-0.2, 0) is 41.4 Å². The topological polar surface area (TPSA) is 121 Å². The smallest absolute Gasteiger partial charge is 0.310 e. The lowest BCUT2D eigenvalue weighted by molar-refractivity contribution is -0.421. The summed E-state index contributed by atoms with van der Waals surface area (Å²) in [5.74, 6) is -3.37. The van der Waals surface area contributed by atoms with Gasteiger partial charge in [-0.05, 0) is 66.2 Å². The SMILES string of the molecule is C=C(C)[C@@]12C[C@@H](C)[C@@]34O[C@](Cc5ccccc5)(O[C@@H]1C3C=C(COC(=O)Cc1ccc(O)c(OC)c1)C[C@]1(O)C(=O)C(C)=C[C@@H]41)O2. The van der Waals surface area contributed by atoms with Crippen LogP contribution in [0.5, 0.6) is 11.5 Å². The van der Waals surface area contributed by atoms with Gasteiger partial charge in [-0.25, -0.2) is 0 Å². The fraction of sp³-hybridized carbons (Fsp3) is 0.459. The number of carbonyl (C=O) groups is 2. The van der Waals surface area contributed by atoms with Gasteiger partial charge >= 0.3 is 5.97 Å². The van der Waals surface area contributed by atoms with Gasteiger partial charge in [0.2, 0.25) is 0 Å². The summed E-state index contributed by atoms with van der Waals surface area (Å²) in [6.07, 6.45) is 4.13. The van der Waals surface area contributed by atoms with Crippen LogP contribution in [0, 0.1) is 17.8 Å². The second kappa shape index (κ2) is 10.6. The van der Waals surface area contributed by atoms with E-state index >= 15 is 0 Å². The molecule has 2 N–H and O–H groups in total. The van der Waals surface area contributed by atoms with Crippen molar-refractivity contribution in [3.63, 3.8) is 0 Å². The Hall–Kier alpha value is -3.76. The van der Waals surface area contributed by atoms with Gasteiger partial charge in [0, 0.05) is 18.3 Å². The molecule has 242 valence electrons. The Balaban J connectivity index is 1.27. The quantitative estimate of drug-likeness (QED) is 0.315. The van der Waals surface area contributed by atoms with E-state index in [0.717, 1.165) is 11.1 Å². The second-order valence-electron chi connectivity index (χ2n) is 13.7. The summed E-state index contributed by atoms with van der Waals surface area (Å²) in [5.41, 5.74) is -0.241. The average Bonchev–Trinajstić information content (AvgIpc) is 3.32. The van der Waals surface area contributed by atoms with Crippen LogP contribution in [0.4, 0.5) is 0 Å². The van der Waals surface area contributed by atoms with E-state index in [1.54, 1.807) is 19.1 Å². The van der Waals surface area contributed by atoms with Crippen LogP contribution in [0.2, 0.25) is 0 Å². The summed E-state index contributed by atoms with van der Waals surface area (Å²) in [4.78, 5) is 26.8. The van der Waals surface area contributed by atoms with Crippen molar-refractivity contribution in [2.75, 3.05) is 13.7 Å². The van der Waals surface area contributed by atoms with Crippen LogP contribution in [0.1, 0.15) is 44.7 Å². The van der Waals surface area contributed by atoms with Crippen LogP contribution in [0.25, 0.3) is 0 Å². The van der Waals surface area contributed by atoms with Crippen molar-refractivity contribution in [1.82, 2.24) is 0 Å². The molecule has 0 spiro atoms. The number of hydrogen-bond acceptors (Lipinski definition) is 9. The minimum absolute atomic E-state index is 0.0156. The van der Waals surface area contributed by atoms with Gasteiger partial charge in [-0.3, -0.25) is 9.59 Å². The zero-order chi connectivity index (χ0) is 32.6. The third kappa shape index (κ3) is 4.43. The maximum atomic E-state index is 13.8. The Morgan fingerprint density at radius 2 is 1.87 bits per heavy atom. The maximum Gasteiger partial charge on any atom is 0.310 e. The van der Waals surface area contributed by atoms with Gasteiger partial charge < -0.3 is 33.9 Å². The highest BCUT2D eigenvalue weighted by atomic mass is 16.9. The Morgan fingerprint density at radius 1 is 1.11 bits per heavy atom. The number of Topliss-reactive ketones (excluding diaryl/α,β-unsaturated/α-hetero) is 1. The van der Waals surface area contributed by atoms with Crippen LogP contribution in [0.15, 0.2) is 84.0 Å². The largest absolute Gasteiger partial charge is 0.504 e. The molecular formula is C37H40O9. The van der Waals surface area contributed by atoms with E-state index < -0.39 is 46.7 Å². The standard InChI is InChI=1S/C37H40O9/c1-21(2)35-17-23(4)37-27(33(35)44-36(45-35,46-37)19-24-9-7-6-8-10-24)14-26(18-34(41)30(37)13-22(3)32(34)40)20-43-31(39)16-25-11-12-28(38)29(15-25)42-5/h6-15,23,27,30,33,38,41H,1,16-20H2,2-5H3/t23-,27?,30-,33-,34-,35+,36-,37-/m1/s1. The van der Waals surface area contributed by atoms with Crippen LogP contribution < -0.4 is 4.74 Å². The number of carbonyl (C=O) groups excluding carboxylic acids is 2. The molecule has 0 radical (unpaired) electrons. The molecule has 3 bridgehead atoms. The molecular weight excluding hydrogens is 588 g/mol. The molecule has 8 atom stereocenters. The van der Waals surface area contributed by atoms with Crippen molar-refractivity contribution >= 4 is 11.8 Å². The molecule has 3 fully saturated rings. The summed E-state index contributed by atoms with van der Waals surface area (Å²) >= 11 is 0. The average molecular weight is 629 g/mol. The zero-order valence-electron chi connectivity index (χ0n) is 26.6. The number of phenols is 1. The molecule has 2 aromatic rings. The number of aliphatic hydroxyl groups is 1. The lowest BCUT2D eigenvalue weighted by Crippen LogP contribution is -2.70. The number of ketones is 1.